The standard InChI is InChI=1S/C47H66N2O11/c1-7-9-15-26-47(27-16-10-8-2)58-39-29-34(43(54)49-41(31(3)51)44(55)48-35(30-50)24-25-40(53)59-46(4,5)6)28-38(42(39)60-47)57-45(56)36-22-13-11-18-32(36)20-17-21-33-19-12-14-23-37(33)52/h11-14,17-20,22-23,29,31,35,38-39,41-42,50-52H,7-10,15-16,21,24-28,30H2,1-6H3,(H,48,55)(H,49,54). The fraction of sp³-hybridized carbons (Fsp3) is 0.574. The number of rotatable bonds is 22. The number of ether oxygens (including phenoxy) is 4. The van der Waals surface area contributed by atoms with Crippen molar-refractivity contribution in [1.29, 1.82) is 0 Å². The Kier molecular flexibility index (Phi) is 18.3. The van der Waals surface area contributed by atoms with Crippen molar-refractivity contribution >= 4 is 29.8 Å². The first-order valence-corrected chi connectivity index (χ1v) is 21.5. The first kappa shape index (κ1) is 48.1. The number of benzene rings is 2. The van der Waals surface area contributed by atoms with E-state index < -0.39 is 78.2 Å². The first-order valence-electron chi connectivity index (χ1n) is 21.5. The summed E-state index contributed by atoms with van der Waals surface area (Å²) < 4.78 is 25.1. The molecule has 0 saturated carbocycles. The molecule has 5 N–H and O–H groups in total. The molecular formula is C47H66N2O11. The average molecular weight is 835 g/mol. The Labute approximate surface area is 354 Å². The minimum absolute atomic E-state index is 0.0588. The molecular weight excluding hydrogens is 769 g/mol. The zero-order valence-corrected chi connectivity index (χ0v) is 36.1. The van der Waals surface area contributed by atoms with Crippen LogP contribution in [0.2, 0.25) is 0 Å². The van der Waals surface area contributed by atoms with Crippen molar-refractivity contribution in [3.05, 3.63) is 82.9 Å². The maximum atomic E-state index is 14.1. The number of hydrogen-bond acceptors (Lipinski definition) is 11. The second-order valence-corrected chi connectivity index (χ2v) is 16.9. The molecule has 0 radical (unpaired) electrons. The Hall–Kier alpha value is -4.56. The molecule has 60 heavy (non-hydrogen) atoms. The van der Waals surface area contributed by atoms with Crippen LogP contribution in [-0.4, -0.2) is 93.6 Å². The van der Waals surface area contributed by atoms with Crippen molar-refractivity contribution in [3.63, 3.8) is 0 Å². The number of para-hydroxylation sites is 1. The first-order chi connectivity index (χ1) is 28.6. The molecule has 2 amide bonds. The van der Waals surface area contributed by atoms with Crippen molar-refractivity contribution in [2.45, 2.75) is 166 Å². The summed E-state index contributed by atoms with van der Waals surface area (Å²) in [5.74, 6) is -3.30. The zero-order chi connectivity index (χ0) is 43.9. The van der Waals surface area contributed by atoms with Crippen LogP contribution >= 0.6 is 0 Å². The highest BCUT2D eigenvalue weighted by Crippen LogP contribution is 2.43. The van der Waals surface area contributed by atoms with Gasteiger partial charge >= 0.3 is 11.9 Å². The highest BCUT2D eigenvalue weighted by Gasteiger charge is 2.52. The molecule has 1 heterocycles. The van der Waals surface area contributed by atoms with Crippen LogP contribution < -0.4 is 10.6 Å². The second kappa shape index (κ2) is 22.9. The van der Waals surface area contributed by atoms with Gasteiger partial charge < -0.3 is 44.9 Å². The molecule has 0 spiro atoms. The molecule has 0 aromatic heterocycles. The van der Waals surface area contributed by atoms with E-state index in [0.29, 0.717) is 30.4 Å². The number of fused-ring (bicyclic) bond motifs is 1. The summed E-state index contributed by atoms with van der Waals surface area (Å²) in [7, 11) is 0. The van der Waals surface area contributed by atoms with Gasteiger partial charge in [-0.1, -0.05) is 88.1 Å². The number of allylic oxidation sites excluding steroid dienone is 1. The maximum absolute atomic E-state index is 14.1. The van der Waals surface area contributed by atoms with E-state index in [-0.39, 0.29) is 30.6 Å². The lowest BCUT2D eigenvalue weighted by molar-refractivity contribution is -0.190. The number of hydrogen-bond donors (Lipinski definition) is 5. The van der Waals surface area contributed by atoms with Crippen LogP contribution in [-0.2, 0) is 39.8 Å². The van der Waals surface area contributed by atoms with Crippen LogP contribution in [0.3, 0.4) is 0 Å². The molecule has 13 nitrogen and oxygen atoms in total. The number of carbonyl (C=O) groups is 4. The van der Waals surface area contributed by atoms with Gasteiger partial charge in [0.15, 0.2) is 5.79 Å². The summed E-state index contributed by atoms with van der Waals surface area (Å²) in [4.78, 5) is 53.9. The van der Waals surface area contributed by atoms with Gasteiger partial charge in [-0.3, -0.25) is 14.4 Å². The smallest absolute Gasteiger partial charge is 0.339 e. The van der Waals surface area contributed by atoms with E-state index >= 15 is 0 Å². The number of amides is 2. The molecule has 330 valence electrons. The molecule has 0 bridgehead atoms. The summed E-state index contributed by atoms with van der Waals surface area (Å²) in [5.41, 5.74) is 1.14. The topological polar surface area (TPSA) is 190 Å². The van der Waals surface area contributed by atoms with Crippen LogP contribution in [0.4, 0.5) is 0 Å². The lowest BCUT2D eigenvalue weighted by Crippen LogP contribution is -2.55. The van der Waals surface area contributed by atoms with Gasteiger partial charge in [0.1, 0.15) is 35.7 Å². The number of aliphatic hydroxyl groups is 2. The van der Waals surface area contributed by atoms with Gasteiger partial charge in [-0.05, 0) is 82.7 Å². The van der Waals surface area contributed by atoms with E-state index in [1.165, 1.54) is 6.92 Å². The predicted molar refractivity (Wildman–Crippen MR) is 228 cm³/mol. The number of esters is 2. The van der Waals surface area contributed by atoms with Gasteiger partial charge in [0.25, 0.3) is 0 Å². The molecule has 1 aliphatic heterocycles. The van der Waals surface area contributed by atoms with Crippen molar-refractivity contribution in [1.82, 2.24) is 10.6 Å². The Morgan fingerprint density at radius 1 is 0.950 bits per heavy atom. The largest absolute Gasteiger partial charge is 0.508 e. The normalized spacial score (nSPS) is 20.1. The highest BCUT2D eigenvalue weighted by molar-refractivity contribution is 5.98. The van der Waals surface area contributed by atoms with Gasteiger partial charge in [-0.15, -0.1) is 0 Å². The van der Waals surface area contributed by atoms with Gasteiger partial charge in [0, 0.05) is 31.3 Å². The summed E-state index contributed by atoms with van der Waals surface area (Å²) >= 11 is 0. The van der Waals surface area contributed by atoms with E-state index in [1.807, 2.05) is 24.3 Å². The molecule has 1 aliphatic carbocycles. The average Bonchev–Trinajstić information content (AvgIpc) is 3.57. The van der Waals surface area contributed by atoms with E-state index in [9.17, 15) is 34.5 Å². The quantitative estimate of drug-likeness (QED) is 0.0634. The highest BCUT2D eigenvalue weighted by atomic mass is 16.8. The number of aromatic hydroxyl groups is 1. The summed E-state index contributed by atoms with van der Waals surface area (Å²) in [6.45, 7) is 10.3. The molecule has 6 unspecified atom stereocenters. The van der Waals surface area contributed by atoms with E-state index in [0.717, 1.165) is 44.1 Å². The fourth-order valence-electron chi connectivity index (χ4n) is 7.45. The van der Waals surface area contributed by atoms with Gasteiger partial charge in [-0.25, -0.2) is 4.79 Å². The predicted octanol–water partition coefficient (Wildman–Crippen LogP) is 6.61. The number of phenols is 1. The van der Waals surface area contributed by atoms with Gasteiger partial charge in [0.05, 0.1) is 24.3 Å². The lowest BCUT2D eigenvalue weighted by atomic mass is 9.91. The molecule has 1 fully saturated rings. The Morgan fingerprint density at radius 2 is 1.62 bits per heavy atom. The number of unbranched alkanes of at least 4 members (excludes halogenated alkanes) is 4. The molecule has 2 aromatic carbocycles. The Bertz CT molecular complexity index is 1790. The van der Waals surface area contributed by atoms with Gasteiger partial charge in [-0.2, -0.15) is 0 Å². The van der Waals surface area contributed by atoms with Crippen molar-refractivity contribution in [2.75, 3.05) is 6.61 Å². The maximum Gasteiger partial charge on any atom is 0.339 e. The molecule has 1 saturated heterocycles. The van der Waals surface area contributed by atoms with Crippen molar-refractivity contribution in [3.8, 4) is 5.75 Å². The molecule has 4 rings (SSSR count). The van der Waals surface area contributed by atoms with E-state index in [4.69, 9.17) is 18.9 Å². The third kappa shape index (κ3) is 14.3. The lowest BCUT2D eigenvalue weighted by Gasteiger charge is -2.32. The van der Waals surface area contributed by atoms with E-state index in [2.05, 4.69) is 24.5 Å². The monoisotopic (exact) mass is 834 g/mol. The molecule has 2 aliphatic rings. The number of carbonyl (C=O) groups excluding carboxylic acids is 4. The third-order valence-corrected chi connectivity index (χ3v) is 10.6. The van der Waals surface area contributed by atoms with Crippen molar-refractivity contribution in [2.24, 2.45) is 0 Å². The van der Waals surface area contributed by atoms with Crippen LogP contribution in [0.1, 0.15) is 134 Å². The SMILES string of the molecule is CCCCCC1(CCCCC)OC2C=C(C(=O)NC(C(=O)NC(CO)CCC(=O)OC(C)(C)C)C(C)O)CC(OC(=O)c3ccccc3C=CCc3ccccc3O)C2O1. The van der Waals surface area contributed by atoms with Crippen molar-refractivity contribution < 1.29 is 53.4 Å². The Balaban J connectivity index is 1.57. The van der Waals surface area contributed by atoms with Gasteiger partial charge in [0.2, 0.25) is 11.8 Å². The number of phenolic OH excluding ortho intramolecular Hbond substituents is 1. The van der Waals surface area contributed by atoms with Crippen LogP contribution in [0.25, 0.3) is 6.08 Å². The van der Waals surface area contributed by atoms with E-state index in [1.54, 1.807) is 63.3 Å². The van der Waals surface area contributed by atoms with Crippen LogP contribution in [0.15, 0.2) is 66.3 Å². The molecule has 2 aromatic rings. The summed E-state index contributed by atoms with van der Waals surface area (Å²) in [6, 6.07) is 11.8. The minimum atomic E-state index is -1.42. The zero-order valence-electron chi connectivity index (χ0n) is 36.1. The van der Waals surface area contributed by atoms with Crippen LogP contribution in [0.5, 0.6) is 5.75 Å². The second-order valence-electron chi connectivity index (χ2n) is 16.9. The Morgan fingerprint density at radius 3 is 2.25 bits per heavy atom. The number of aliphatic hydroxyl groups excluding tert-OH is 2. The summed E-state index contributed by atoms with van der Waals surface area (Å²) in [5, 5.41) is 36.2. The minimum Gasteiger partial charge on any atom is -0.508 e. The molecule has 13 heteroatoms. The number of nitrogens with one attached hydrogen (secondary N) is 2. The third-order valence-electron chi connectivity index (χ3n) is 10.6. The molecule has 6 atom stereocenters. The summed E-state index contributed by atoms with van der Waals surface area (Å²) in [6.07, 6.45) is 8.90. The fourth-order valence-corrected chi connectivity index (χ4v) is 7.45. The van der Waals surface area contributed by atoms with Crippen LogP contribution in [0, 0.1) is 0 Å².